The van der Waals surface area contributed by atoms with Crippen LogP contribution in [0.4, 0.5) is 0 Å². The molecule has 180 valence electrons. The lowest BCUT2D eigenvalue weighted by atomic mass is 10.0. The molecule has 4 amide bonds. The number of rotatable bonds is 10. The van der Waals surface area contributed by atoms with Gasteiger partial charge < -0.3 is 26.0 Å². The normalized spacial score (nSPS) is 17.2. The fourth-order valence-electron chi connectivity index (χ4n) is 3.63. The molecule has 0 spiro atoms. The van der Waals surface area contributed by atoms with E-state index in [1.54, 1.807) is 30.3 Å². The van der Waals surface area contributed by atoms with Crippen LogP contribution in [0.2, 0.25) is 0 Å². The minimum atomic E-state index is -1.18. The average molecular weight is 461 g/mol. The molecule has 0 radical (unpaired) electrons. The number of hydrogen-bond donors (Lipinski definition) is 4. The Balaban J connectivity index is 1.99. The zero-order chi connectivity index (χ0) is 24.5. The van der Waals surface area contributed by atoms with Crippen molar-refractivity contribution in [1.29, 1.82) is 0 Å². The standard InChI is InChI=1S/C23H32N4O6/c1-14(2)12-17(21(30)25-15(3)23(32)33)26-22(31)18-10-7-11-27(18)19(28)13-24-20(29)16-8-5-4-6-9-16/h4-6,8-9,14-15,17-18H,7,10-13H2,1-3H3,(H,24,29)(H,25,30)(H,26,31)(H,32,33)/t15-,17-,18+/m1/s1. The Kier molecular flexibility index (Phi) is 9.38. The Bertz CT molecular complexity index is 873. The Hall–Kier alpha value is -3.43. The topological polar surface area (TPSA) is 145 Å². The monoisotopic (exact) mass is 460 g/mol. The summed E-state index contributed by atoms with van der Waals surface area (Å²) in [6, 6.07) is 5.72. The second-order valence-electron chi connectivity index (χ2n) is 8.55. The third-order valence-electron chi connectivity index (χ3n) is 5.38. The maximum atomic E-state index is 12.9. The summed E-state index contributed by atoms with van der Waals surface area (Å²) in [5, 5.41) is 16.7. The van der Waals surface area contributed by atoms with Gasteiger partial charge >= 0.3 is 5.97 Å². The van der Waals surface area contributed by atoms with E-state index in [-0.39, 0.29) is 24.3 Å². The Morgan fingerprint density at radius 2 is 1.73 bits per heavy atom. The van der Waals surface area contributed by atoms with Crippen LogP contribution in [-0.4, -0.2) is 70.8 Å². The van der Waals surface area contributed by atoms with E-state index in [1.165, 1.54) is 11.8 Å². The van der Waals surface area contributed by atoms with E-state index in [0.717, 1.165) is 0 Å². The lowest BCUT2D eigenvalue weighted by Crippen LogP contribution is -2.55. The highest BCUT2D eigenvalue weighted by molar-refractivity contribution is 5.97. The molecule has 1 aromatic carbocycles. The maximum absolute atomic E-state index is 12.9. The SMILES string of the molecule is CC(C)C[C@@H](NC(=O)[C@@H]1CCCN1C(=O)CNC(=O)c1ccccc1)C(=O)N[C@H](C)C(=O)O. The number of carbonyl (C=O) groups excluding carboxylic acids is 4. The van der Waals surface area contributed by atoms with Crippen LogP contribution in [0.15, 0.2) is 30.3 Å². The summed E-state index contributed by atoms with van der Waals surface area (Å²) in [5.41, 5.74) is 0.430. The van der Waals surface area contributed by atoms with Gasteiger partial charge in [-0.15, -0.1) is 0 Å². The van der Waals surface area contributed by atoms with Crippen LogP contribution in [0.5, 0.6) is 0 Å². The Morgan fingerprint density at radius 3 is 2.33 bits per heavy atom. The number of amides is 4. The molecule has 1 fully saturated rings. The number of hydrogen-bond acceptors (Lipinski definition) is 5. The van der Waals surface area contributed by atoms with Gasteiger partial charge in [0.2, 0.25) is 17.7 Å². The Morgan fingerprint density at radius 1 is 1.06 bits per heavy atom. The molecule has 1 aliphatic rings. The fraction of sp³-hybridized carbons (Fsp3) is 0.522. The second kappa shape index (κ2) is 12.0. The van der Waals surface area contributed by atoms with Gasteiger partial charge in [0.15, 0.2) is 0 Å². The van der Waals surface area contributed by atoms with Crippen molar-refractivity contribution in [2.75, 3.05) is 13.1 Å². The predicted octanol–water partition coefficient (Wildman–Crippen LogP) is 0.528. The van der Waals surface area contributed by atoms with Crippen molar-refractivity contribution in [3.63, 3.8) is 0 Å². The number of carboxylic acid groups (broad SMARTS) is 1. The molecule has 0 bridgehead atoms. The zero-order valence-corrected chi connectivity index (χ0v) is 19.2. The minimum absolute atomic E-state index is 0.0655. The highest BCUT2D eigenvalue weighted by atomic mass is 16.4. The van der Waals surface area contributed by atoms with Crippen molar-refractivity contribution in [1.82, 2.24) is 20.9 Å². The molecule has 0 unspecified atom stereocenters. The number of aliphatic carboxylic acids is 1. The number of nitrogens with zero attached hydrogens (tertiary/aromatic N) is 1. The van der Waals surface area contributed by atoms with Crippen LogP contribution in [-0.2, 0) is 19.2 Å². The molecule has 0 saturated carbocycles. The van der Waals surface area contributed by atoms with E-state index in [0.29, 0.717) is 31.4 Å². The molecule has 10 heteroatoms. The molecule has 1 aliphatic heterocycles. The second-order valence-corrected chi connectivity index (χ2v) is 8.55. The van der Waals surface area contributed by atoms with Gasteiger partial charge in [-0.05, 0) is 44.2 Å². The molecule has 2 rings (SSSR count). The molecule has 4 N–H and O–H groups in total. The van der Waals surface area contributed by atoms with Crippen LogP contribution >= 0.6 is 0 Å². The van der Waals surface area contributed by atoms with Gasteiger partial charge in [-0.25, -0.2) is 0 Å². The molecule has 33 heavy (non-hydrogen) atoms. The molecule has 1 heterocycles. The van der Waals surface area contributed by atoms with Crippen LogP contribution in [0.25, 0.3) is 0 Å². The molecular weight excluding hydrogens is 428 g/mol. The molecule has 1 saturated heterocycles. The lowest BCUT2D eigenvalue weighted by Gasteiger charge is -2.27. The maximum Gasteiger partial charge on any atom is 0.325 e. The smallest absolute Gasteiger partial charge is 0.325 e. The molecule has 0 aromatic heterocycles. The van der Waals surface area contributed by atoms with Crippen molar-refractivity contribution in [3.8, 4) is 0 Å². The van der Waals surface area contributed by atoms with Gasteiger partial charge in [-0.1, -0.05) is 32.0 Å². The zero-order valence-electron chi connectivity index (χ0n) is 19.2. The summed E-state index contributed by atoms with van der Waals surface area (Å²) >= 11 is 0. The fourth-order valence-corrected chi connectivity index (χ4v) is 3.63. The van der Waals surface area contributed by atoms with Crippen molar-refractivity contribution in [3.05, 3.63) is 35.9 Å². The summed E-state index contributed by atoms with van der Waals surface area (Å²) in [7, 11) is 0. The minimum Gasteiger partial charge on any atom is -0.480 e. The van der Waals surface area contributed by atoms with E-state index < -0.39 is 35.9 Å². The first-order chi connectivity index (χ1) is 15.6. The van der Waals surface area contributed by atoms with Crippen molar-refractivity contribution >= 4 is 29.6 Å². The first-order valence-electron chi connectivity index (χ1n) is 11.1. The van der Waals surface area contributed by atoms with Crippen LogP contribution in [0.1, 0.15) is 50.4 Å². The summed E-state index contributed by atoms with van der Waals surface area (Å²) < 4.78 is 0. The van der Waals surface area contributed by atoms with Gasteiger partial charge in [-0.2, -0.15) is 0 Å². The summed E-state index contributed by atoms with van der Waals surface area (Å²) in [6.45, 7) is 5.23. The number of carboxylic acids is 1. The summed E-state index contributed by atoms with van der Waals surface area (Å²) in [5.74, 6) is -2.94. The average Bonchev–Trinajstić information content (AvgIpc) is 3.27. The van der Waals surface area contributed by atoms with Gasteiger partial charge in [0.1, 0.15) is 18.1 Å². The molecule has 1 aromatic rings. The largest absolute Gasteiger partial charge is 0.480 e. The third kappa shape index (κ3) is 7.58. The molecule has 0 aliphatic carbocycles. The summed E-state index contributed by atoms with van der Waals surface area (Å²) in [4.78, 5) is 62.9. The number of carbonyl (C=O) groups is 5. The predicted molar refractivity (Wildman–Crippen MR) is 120 cm³/mol. The lowest BCUT2D eigenvalue weighted by molar-refractivity contribution is -0.142. The molecular formula is C23H32N4O6. The number of nitrogens with one attached hydrogen (secondary N) is 3. The van der Waals surface area contributed by atoms with Crippen molar-refractivity contribution in [2.24, 2.45) is 5.92 Å². The van der Waals surface area contributed by atoms with Gasteiger partial charge in [0.25, 0.3) is 5.91 Å². The molecule has 10 nitrogen and oxygen atoms in total. The van der Waals surface area contributed by atoms with E-state index in [9.17, 15) is 24.0 Å². The van der Waals surface area contributed by atoms with Crippen LogP contribution in [0, 0.1) is 5.92 Å². The first kappa shape index (κ1) is 25.8. The van der Waals surface area contributed by atoms with E-state index >= 15 is 0 Å². The number of benzene rings is 1. The van der Waals surface area contributed by atoms with Gasteiger partial charge in [0.05, 0.1) is 6.54 Å². The van der Waals surface area contributed by atoms with Crippen molar-refractivity contribution in [2.45, 2.75) is 58.2 Å². The quantitative estimate of drug-likeness (QED) is 0.401. The van der Waals surface area contributed by atoms with Gasteiger partial charge in [0, 0.05) is 12.1 Å². The van der Waals surface area contributed by atoms with E-state index in [2.05, 4.69) is 16.0 Å². The van der Waals surface area contributed by atoms with Gasteiger partial charge in [-0.3, -0.25) is 24.0 Å². The molecule has 3 atom stereocenters. The van der Waals surface area contributed by atoms with Crippen molar-refractivity contribution < 1.29 is 29.1 Å². The number of likely N-dealkylation sites (tertiary alicyclic amines) is 1. The summed E-state index contributed by atoms with van der Waals surface area (Å²) in [6.07, 6.45) is 1.37. The third-order valence-corrected chi connectivity index (χ3v) is 5.38. The first-order valence-corrected chi connectivity index (χ1v) is 11.1. The Labute approximate surface area is 193 Å². The van der Waals surface area contributed by atoms with E-state index in [4.69, 9.17) is 5.11 Å². The van der Waals surface area contributed by atoms with Crippen LogP contribution < -0.4 is 16.0 Å². The van der Waals surface area contributed by atoms with Crippen LogP contribution in [0.3, 0.4) is 0 Å². The highest BCUT2D eigenvalue weighted by Crippen LogP contribution is 2.18. The van der Waals surface area contributed by atoms with E-state index in [1.807, 2.05) is 13.8 Å². The highest BCUT2D eigenvalue weighted by Gasteiger charge is 2.36.